The molecule has 88 valence electrons. The van der Waals surface area contributed by atoms with Crippen molar-refractivity contribution in [3.8, 4) is 16.9 Å². The van der Waals surface area contributed by atoms with Crippen molar-refractivity contribution < 1.29 is 9.13 Å². The fraction of sp³-hybridized carbons (Fsp3) is 0.200. The highest BCUT2D eigenvalue weighted by Crippen LogP contribution is 2.25. The molecule has 2 rings (SSSR count). The molecule has 1 nitrogen and oxygen atoms in total. The number of aryl methyl sites for hydroxylation is 1. The lowest BCUT2D eigenvalue weighted by atomic mass is 10.0. The Bertz CT molecular complexity index is 503. The monoisotopic (exact) mass is 230 g/mol. The second kappa shape index (κ2) is 5.00. The van der Waals surface area contributed by atoms with Crippen LogP contribution in [0.4, 0.5) is 4.39 Å². The van der Waals surface area contributed by atoms with Crippen LogP contribution in [-0.2, 0) is 0 Å². The predicted octanol–water partition coefficient (Wildman–Crippen LogP) is 4.20. The Balaban J connectivity index is 2.33. The van der Waals surface area contributed by atoms with Gasteiger partial charge in [0.2, 0.25) is 0 Å². The van der Waals surface area contributed by atoms with Crippen LogP contribution in [0.25, 0.3) is 11.1 Å². The number of hydrogen-bond donors (Lipinski definition) is 0. The Labute approximate surface area is 101 Å². The van der Waals surface area contributed by atoms with Crippen LogP contribution in [0.3, 0.4) is 0 Å². The summed E-state index contributed by atoms with van der Waals surface area (Å²) in [6.07, 6.45) is 0. The van der Waals surface area contributed by atoms with E-state index in [0.717, 1.165) is 16.9 Å². The van der Waals surface area contributed by atoms with Gasteiger partial charge in [-0.1, -0.05) is 24.3 Å². The maximum atomic E-state index is 13.8. The second-order valence-electron chi connectivity index (χ2n) is 3.94. The summed E-state index contributed by atoms with van der Waals surface area (Å²) < 4.78 is 19.1. The van der Waals surface area contributed by atoms with Gasteiger partial charge in [0.25, 0.3) is 0 Å². The highest BCUT2D eigenvalue weighted by Gasteiger charge is 2.05. The van der Waals surface area contributed by atoms with E-state index in [1.807, 2.05) is 44.2 Å². The molecule has 0 amide bonds. The van der Waals surface area contributed by atoms with Crippen LogP contribution in [0.5, 0.6) is 5.75 Å². The van der Waals surface area contributed by atoms with Crippen LogP contribution in [0, 0.1) is 12.7 Å². The molecule has 0 aliphatic rings. The van der Waals surface area contributed by atoms with E-state index in [1.54, 1.807) is 12.1 Å². The molecule has 2 aromatic rings. The van der Waals surface area contributed by atoms with Crippen molar-refractivity contribution in [1.29, 1.82) is 0 Å². The van der Waals surface area contributed by atoms with Crippen molar-refractivity contribution >= 4 is 0 Å². The maximum Gasteiger partial charge on any atom is 0.131 e. The van der Waals surface area contributed by atoms with Crippen molar-refractivity contribution in [1.82, 2.24) is 0 Å². The molecule has 0 bridgehead atoms. The molecular formula is C15H15FO. The molecule has 0 radical (unpaired) electrons. The summed E-state index contributed by atoms with van der Waals surface area (Å²) >= 11 is 0. The van der Waals surface area contributed by atoms with Crippen LogP contribution in [-0.4, -0.2) is 6.61 Å². The van der Waals surface area contributed by atoms with Gasteiger partial charge < -0.3 is 4.74 Å². The summed E-state index contributed by atoms with van der Waals surface area (Å²) in [5.74, 6) is 0.623. The molecule has 0 aliphatic heterocycles. The van der Waals surface area contributed by atoms with E-state index in [0.29, 0.717) is 12.2 Å². The van der Waals surface area contributed by atoms with E-state index >= 15 is 0 Å². The molecule has 0 aromatic heterocycles. The van der Waals surface area contributed by atoms with Gasteiger partial charge in [-0.2, -0.15) is 0 Å². The van der Waals surface area contributed by atoms with Crippen LogP contribution >= 0.6 is 0 Å². The number of hydrogen-bond acceptors (Lipinski definition) is 1. The smallest absolute Gasteiger partial charge is 0.131 e. The summed E-state index contributed by atoms with van der Waals surface area (Å²) in [6, 6.07) is 12.7. The molecular weight excluding hydrogens is 215 g/mol. The minimum Gasteiger partial charge on any atom is -0.494 e. The first kappa shape index (κ1) is 11.6. The molecule has 2 aromatic carbocycles. The zero-order valence-electron chi connectivity index (χ0n) is 10.0. The van der Waals surface area contributed by atoms with Crippen molar-refractivity contribution in [3.05, 3.63) is 53.8 Å². The third-order valence-corrected chi connectivity index (χ3v) is 2.60. The Kier molecular flexibility index (Phi) is 3.43. The van der Waals surface area contributed by atoms with E-state index < -0.39 is 0 Å². The summed E-state index contributed by atoms with van der Waals surface area (Å²) in [5, 5.41) is 0. The van der Waals surface area contributed by atoms with Crippen LogP contribution in [0.2, 0.25) is 0 Å². The molecule has 0 unspecified atom stereocenters. The minimum atomic E-state index is -0.186. The van der Waals surface area contributed by atoms with E-state index in [9.17, 15) is 4.39 Å². The Hall–Kier alpha value is -1.83. The van der Waals surface area contributed by atoms with Crippen molar-refractivity contribution in [2.45, 2.75) is 13.8 Å². The van der Waals surface area contributed by atoms with Gasteiger partial charge in [-0.25, -0.2) is 4.39 Å². The predicted molar refractivity (Wildman–Crippen MR) is 67.7 cm³/mol. The lowest BCUT2D eigenvalue weighted by Gasteiger charge is -2.06. The third-order valence-electron chi connectivity index (χ3n) is 2.60. The highest BCUT2D eigenvalue weighted by molar-refractivity contribution is 5.65. The highest BCUT2D eigenvalue weighted by atomic mass is 19.1. The van der Waals surface area contributed by atoms with Gasteiger partial charge in [-0.15, -0.1) is 0 Å². The molecule has 0 spiro atoms. The average molecular weight is 230 g/mol. The van der Waals surface area contributed by atoms with Gasteiger partial charge in [-0.05, 0) is 43.2 Å². The van der Waals surface area contributed by atoms with Crippen LogP contribution in [0.15, 0.2) is 42.5 Å². The SMILES string of the molecule is CCOc1ccc(-c2ccc(C)cc2F)cc1. The fourth-order valence-corrected chi connectivity index (χ4v) is 1.75. The van der Waals surface area contributed by atoms with E-state index in [2.05, 4.69) is 0 Å². The Morgan fingerprint density at radius 2 is 1.76 bits per heavy atom. The molecule has 0 aliphatic carbocycles. The zero-order valence-corrected chi connectivity index (χ0v) is 10.0. The second-order valence-corrected chi connectivity index (χ2v) is 3.94. The first-order valence-electron chi connectivity index (χ1n) is 5.70. The topological polar surface area (TPSA) is 9.23 Å². The van der Waals surface area contributed by atoms with Gasteiger partial charge in [0.15, 0.2) is 0 Å². The summed E-state index contributed by atoms with van der Waals surface area (Å²) in [7, 11) is 0. The van der Waals surface area contributed by atoms with E-state index in [1.165, 1.54) is 0 Å². The van der Waals surface area contributed by atoms with E-state index in [-0.39, 0.29) is 5.82 Å². The normalized spacial score (nSPS) is 10.3. The molecule has 0 N–H and O–H groups in total. The number of benzene rings is 2. The van der Waals surface area contributed by atoms with Gasteiger partial charge in [0.05, 0.1) is 6.61 Å². The van der Waals surface area contributed by atoms with Gasteiger partial charge in [0, 0.05) is 5.56 Å². The van der Waals surface area contributed by atoms with Crippen LogP contribution in [0.1, 0.15) is 12.5 Å². The average Bonchev–Trinajstić information content (AvgIpc) is 2.31. The number of halogens is 1. The number of ether oxygens (including phenoxy) is 1. The summed E-state index contributed by atoms with van der Waals surface area (Å²) in [5.41, 5.74) is 2.42. The third kappa shape index (κ3) is 2.64. The first-order chi connectivity index (χ1) is 8.20. The summed E-state index contributed by atoms with van der Waals surface area (Å²) in [4.78, 5) is 0. The molecule has 2 heteroatoms. The fourth-order valence-electron chi connectivity index (χ4n) is 1.75. The maximum absolute atomic E-state index is 13.8. The molecule has 0 fully saturated rings. The largest absolute Gasteiger partial charge is 0.494 e. The number of rotatable bonds is 3. The lowest BCUT2D eigenvalue weighted by Crippen LogP contribution is -1.91. The molecule has 0 saturated heterocycles. The molecule has 0 atom stereocenters. The minimum absolute atomic E-state index is 0.186. The van der Waals surface area contributed by atoms with E-state index in [4.69, 9.17) is 4.74 Å². The van der Waals surface area contributed by atoms with Crippen molar-refractivity contribution in [2.75, 3.05) is 6.61 Å². The van der Waals surface area contributed by atoms with Crippen LogP contribution < -0.4 is 4.74 Å². The molecule has 0 heterocycles. The van der Waals surface area contributed by atoms with Gasteiger partial charge in [0.1, 0.15) is 11.6 Å². The van der Waals surface area contributed by atoms with Gasteiger partial charge in [-0.3, -0.25) is 0 Å². The van der Waals surface area contributed by atoms with Crippen molar-refractivity contribution in [2.24, 2.45) is 0 Å². The zero-order chi connectivity index (χ0) is 12.3. The Morgan fingerprint density at radius 1 is 1.06 bits per heavy atom. The molecule has 0 saturated carbocycles. The molecule has 17 heavy (non-hydrogen) atoms. The Morgan fingerprint density at radius 3 is 2.35 bits per heavy atom. The first-order valence-corrected chi connectivity index (χ1v) is 5.70. The van der Waals surface area contributed by atoms with Gasteiger partial charge >= 0.3 is 0 Å². The lowest BCUT2D eigenvalue weighted by molar-refractivity contribution is 0.340. The van der Waals surface area contributed by atoms with Crippen molar-refractivity contribution in [3.63, 3.8) is 0 Å². The standard InChI is InChI=1S/C15H15FO/c1-3-17-13-7-5-12(6-8-13)14-9-4-11(2)10-15(14)16/h4-10H,3H2,1-2H3. The quantitative estimate of drug-likeness (QED) is 0.767. The summed E-state index contributed by atoms with van der Waals surface area (Å²) in [6.45, 7) is 4.46.